The van der Waals surface area contributed by atoms with E-state index in [1.165, 1.54) is 24.6 Å². The molecule has 0 aliphatic carbocycles. The van der Waals surface area contributed by atoms with Crippen LogP contribution in [0.2, 0.25) is 0 Å². The number of nitrogens with zero attached hydrogens (tertiary/aromatic N) is 1. The molecule has 20 heavy (non-hydrogen) atoms. The van der Waals surface area contributed by atoms with Gasteiger partial charge >= 0.3 is 0 Å². The third kappa shape index (κ3) is 3.86. The largest absolute Gasteiger partial charge is 0.497 e. The maximum atomic E-state index is 12.6. The monoisotopic (exact) mass is 301 g/mol. The number of ether oxygens (including phenoxy) is 2. The van der Waals surface area contributed by atoms with E-state index in [-0.39, 0.29) is 10.3 Å². The SMILES string of the molecule is COc1ccc(OC)c(S(=O)(=O)N(C)CC(C)(C)C)c1. The van der Waals surface area contributed by atoms with Crippen molar-refractivity contribution in [2.45, 2.75) is 25.7 Å². The average Bonchev–Trinajstić information content (AvgIpc) is 2.35. The molecule has 0 aliphatic heterocycles. The van der Waals surface area contributed by atoms with Crippen LogP contribution in [-0.2, 0) is 10.0 Å². The molecule has 1 rings (SSSR count). The fourth-order valence-electron chi connectivity index (χ4n) is 1.91. The van der Waals surface area contributed by atoms with E-state index >= 15 is 0 Å². The van der Waals surface area contributed by atoms with Gasteiger partial charge < -0.3 is 9.47 Å². The Hall–Kier alpha value is -1.27. The van der Waals surface area contributed by atoms with E-state index in [9.17, 15) is 8.42 Å². The van der Waals surface area contributed by atoms with Crippen LogP contribution in [0.4, 0.5) is 0 Å². The van der Waals surface area contributed by atoms with Gasteiger partial charge in [-0.2, -0.15) is 0 Å². The maximum absolute atomic E-state index is 12.6. The predicted octanol–water partition coefficient (Wildman–Crippen LogP) is 2.37. The van der Waals surface area contributed by atoms with Crippen LogP contribution in [0.5, 0.6) is 11.5 Å². The second-order valence-electron chi connectivity index (χ2n) is 5.84. The molecule has 0 N–H and O–H groups in total. The Bertz CT molecular complexity index is 561. The Morgan fingerprint density at radius 1 is 1.15 bits per heavy atom. The van der Waals surface area contributed by atoms with Crippen LogP contribution >= 0.6 is 0 Å². The number of rotatable bonds is 5. The van der Waals surface area contributed by atoms with Crippen LogP contribution < -0.4 is 9.47 Å². The number of methoxy groups -OCH3 is 2. The van der Waals surface area contributed by atoms with Crippen LogP contribution in [0, 0.1) is 5.41 Å². The summed E-state index contributed by atoms with van der Waals surface area (Å²) >= 11 is 0. The summed E-state index contributed by atoms with van der Waals surface area (Å²) in [4.78, 5) is 0.117. The van der Waals surface area contributed by atoms with E-state index in [1.807, 2.05) is 20.8 Å². The van der Waals surface area contributed by atoms with E-state index in [0.29, 0.717) is 18.0 Å². The molecule has 114 valence electrons. The minimum absolute atomic E-state index is 0.117. The molecule has 0 saturated heterocycles. The normalized spacial score (nSPS) is 12.6. The molecule has 0 aromatic heterocycles. The molecule has 0 bridgehead atoms. The van der Waals surface area contributed by atoms with E-state index in [4.69, 9.17) is 9.47 Å². The zero-order valence-electron chi connectivity index (χ0n) is 12.9. The summed E-state index contributed by atoms with van der Waals surface area (Å²) in [6, 6.07) is 4.74. The average molecular weight is 301 g/mol. The zero-order valence-corrected chi connectivity index (χ0v) is 13.7. The number of hydrogen-bond acceptors (Lipinski definition) is 4. The third-order valence-corrected chi connectivity index (χ3v) is 4.58. The Balaban J connectivity index is 3.26. The van der Waals surface area contributed by atoms with Crippen LogP contribution in [0.1, 0.15) is 20.8 Å². The molecule has 0 heterocycles. The summed E-state index contributed by atoms with van der Waals surface area (Å²) in [5.74, 6) is 0.792. The molecule has 5 nitrogen and oxygen atoms in total. The van der Waals surface area contributed by atoms with Gasteiger partial charge in [0, 0.05) is 19.7 Å². The van der Waals surface area contributed by atoms with Gasteiger partial charge in [0.15, 0.2) is 0 Å². The second kappa shape index (κ2) is 6.01. The van der Waals surface area contributed by atoms with Crippen molar-refractivity contribution in [3.05, 3.63) is 18.2 Å². The Morgan fingerprint density at radius 3 is 2.20 bits per heavy atom. The lowest BCUT2D eigenvalue weighted by Gasteiger charge is -2.26. The van der Waals surface area contributed by atoms with Crippen molar-refractivity contribution < 1.29 is 17.9 Å². The first-order chi connectivity index (χ1) is 9.11. The molecule has 0 aliphatic rings. The molecule has 0 radical (unpaired) electrons. The van der Waals surface area contributed by atoms with E-state index in [2.05, 4.69) is 0 Å². The van der Waals surface area contributed by atoms with Gasteiger partial charge in [-0.15, -0.1) is 0 Å². The van der Waals surface area contributed by atoms with Gasteiger partial charge in [-0.05, 0) is 17.5 Å². The smallest absolute Gasteiger partial charge is 0.246 e. The molecule has 6 heteroatoms. The maximum Gasteiger partial charge on any atom is 0.246 e. The van der Waals surface area contributed by atoms with Gasteiger partial charge in [0.2, 0.25) is 10.0 Å². The van der Waals surface area contributed by atoms with Crippen molar-refractivity contribution in [2.24, 2.45) is 5.41 Å². The molecular formula is C14H23NO4S. The lowest BCUT2D eigenvalue weighted by Crippen LogP contribution is -2.34. The van der Waals surface area contributed by atoms with Gasteiger partial charge in [-0.25, -0.2) is 12.7 Å². The number of benzene rings is 1. The first-order valence-electron chi connectivity index (χ1n) is 6.30. The molecular weight excluding hydrogens is 278 g/mol. The molecule has 0 fully saturated rings. The van der Waals surface area contributed by atoms with Crippen molar-refractivity contribution in [1.82, 2.24) is 4.31 Å². The van der Waals surface area contributed by atoms with Gasteiger partial charge in [0.05, 0.1) is 14.2 Å². The van der Waals surface area contributed by atoms with Crippen molar-refractivity contribution in [3.8, 4) is 11.5 Å². The molecule has 0 unspecified atom stereocenters. The highest BCUT2D eigenvalue weighted by molar-refractivity contribution is 7.89. The highest BCUT2D eigenvalue weighted by Crippen LogP contribution is 2.31. The molecule has 0 spiro atoms. The fraction of sp³-hybridized carbons (Fsp3) is 0.571. The Labute approximate surface area is 121 Å². The Kier molecular flexibility index (Phi) is 5.05. The van der Waals surface area contributed by atoms with E-state index < -0.39 is 10.0 Å². The Morgan fingerprint density at radius 2 is 1.75 bits per heavy atom. The van der Waals surface area contributed by atoms with Crippen LogP contribution in [0.15, 0.2) is 23.1 Å². The zero-order chi connectivity index (χ0) is 15.6. The lowest BCUT2D eigenvalue weighted by molar-refractivity contribution is 0.309. The summed E-state index contributed by atoms with van der Waals surface area (Å²) in [5.41, 5.74) is -0.131. The van der Waals surface area contributed by atoms with Crippen molar-refractivity contribution in [2.75, 3.05) is 27.8 Å². The molecule has 1 aromatic carbocycles. The first kappa shape index (κ1) is 16.8. The fourth-order valence-corrected chi connectivity index (χ4v) is 3.47. The minimum atomic E-state index is -3.62. The van der Waals surface area contributed by atoms with Gasteiger partial charge in [-0.1, -0.05) is 20.8 Å². The second-order valence-corrected chi connectivity index (χ2v) is 7.85. The summed E-state index contributed by atoms with van der Waals surface area (Å²) in [7, 11) is 0.896. The number of hydrogen-bond donors (Lipinski definition) is 0. The lowest BCUT2D eigenvalue weighted by atomic mass is 9.97. The molecule has 0 amide bonds. The minimum Gasteiger partial charge on any atom is -0.497 e. The summed E-state index contributed by atoms with van der Waals surface area (Å²) in [6.07, 6.45) is 0. The van der Waals surface area contributed by atoms with E-state index in [0.717, 1.165) is 0 Å². The molecule has 0 saturated carbocycles. The van der Waals surface area contributed by atoms with Crippen molar-refractivity contribution in [3.63, 3.8) is 0 Å². The van der Waals surface area contributed by atoms with Gasteiger partial charge in [-0.3, -0.25) is 0 Å². The summed E-state index contributed by atoms with van der Waals surface area (Å²) in [5, 5.41) is 0. The quantitative estimate of drug-likeness (QED) is 0.838. The third-order valence-electron chi connectivity index (χ3n) is 2.76. The molecule has 0 atom stereocenters. The highest BCUT2D eigenvalue weighted by atomic mass is 32.2. The van der Waals surface area contributed by atoms with Gasteiger partial charge in [0.25, 0.3) is 0 Å². The highest BCUT2D eigenvalue weighted by Gasteiger charge is 2.28. The topological polar surface area (TPSA) is 55.8 Å². The van der Waals surface area contributed by atoms with Crippen molar-refractivity contribution >= 4 is 10.0 Å². The first-order valence-corrected chi connectivity index (χ1v) is 7.74. The predicted molar refractivity (Wildman–Crippen MR) is 78.8 cm³/mol. The van der Waals surface area contributed by atoms with Crippen LogP contribution in [0.25, 0.3) is 0 Å². The standard InChI is InChI=1S/C14H23NO4S/c1-14(2,3)10-15(4)20(16,17)13-9-11(18-5)7-8-12(13)19-6/h7-9H,10H2,1-6H3. The molecule has 1 aromatic rings. The van der Waals surface area contributed by atoms with E-state index in [1.54, 1.807) is 19.2 Å². The van der Waals surface area contributed by atoms with Crippen LogP contribution in [-0.4, -0.2) is 40.5 Å². The van der Waals surface area contributed by atoms with Gasteiger partial charge in [0.1, 0.15) is 16.4 Å². The number of sulfonamides is 1. The summed E-state index contributed by atoms with van der Waals surface area (Å²) in [6.45, 7) is 6.38. The summed E-state index contributed by atoms with van der Waals surface area (Å²) < 4.78 is 36.9. The van der Waals surface area contributed by atoms with Crippen LogP contribution in [0.3, 0.4) is 0 Å². The van der Waals surface area contributed by atoms with Crippen molar-refractivity contribution in [1.29, 1.82) is 0 Å².